The number of hydrogen-bond acceptors (Lipinski definition) is 4. The van der Waals surface area contributed by atoms with Gasteiger partial charge < -0.3 is 14.7 Å². The van der Waals surface area contributed by atoms with E-state index in [1.54, 1.807) is 17.2 Å². The number of pyridine rings is 1. The topological polar surface area (TPSA) is 73.8 Å². The Morgan fingerprint density at radius 3 is 2.31 bits per heavy atom. The number of hydrogen-bond donors (Lipinski definition) is 0. The Hall–Kier alpha value is -2.44. The van der Waals surface area contributed by atoms with Gasteiger partial charge in [0.2, 0.25) is 11.8 Å². The lowest BCUT2D eigenvalue weighted by Crippen LogP contribution is -2.49. The molecule has 7 heteroatoms. The number of rotatable bonds is 3. The molecule has 29 heavy (non-hydrogen) atoms. The van der Waals surface area contributed by atoms with Crippen molar-refractivity contribution in [3.05, 3.63) is 29.6 Å². The Morgan fingerprint density at radius 2 is 1.69 bits per heavy atom. The fourth-order valence-corrected chi connectivity index (χ4v) is 5.07. The minimum atomic E-state index is -0.678. The zero-order chi connectivity index (χ0) is 20.8. The maximum atomic E-state index is 13.6. The minimum Gasteiger partial charge on any atom is -0.342 e. The third-order valence-electron chi connectivity index (χ3n) is 6.68. The van der Waals surface area contributed by atoms with Crippen LogP contribution in [0.15, 0.2) is 18.3 Å². The number of carbonyl (C=O) groups is 3. The first-order valence-electron chi connectivity index (χ1n) is 10.6. The van der Waals surface area contributed by atoms with Gasteiger partial charge >= 0.3 is 0 Å². The van der Waals surface area contributed by atoms with Crippen LogP contribution in [0.4, 0.5) is 0 Å². The molecule has 156 valence electrons. The predicted molar refractivity (Wildman–Crippen MR) is 108 cm³/mol. The molecule has 3 saturated heterocycles. The average molecular weight is 399 g/mol. The van der Waals surface area contributed by atoms with Gasteiger partial charge in [-0.3, -0.25) is 19.4 Å². The molecule has 2 atom stereocenters. The number of aromatic nitrogens is 1. The first-order chi connectivity index (χ1) is 13.8. The van der Waals surface area contributed by atoms with Crippen LogP contribution in [0, 0.1) is 24.2 Å². The lowest BCUT2D eigenvalue weighted by molar-refractivity contribution is -0.141. The second kappa shape index (κ2) is 7.43. The fourth-order valence-electron chi connectivity index (χ4n) is 5.07. The summed E-state index contributed by atoms with van der Waals surface area (Å²) in [5.41, 5.74) is 0.737. The van der Waals surface area contributed by atoms with Crippen molar-refractivity contribution in [1.82, 2.24) is 19.7 Å². The molecule has 4 heterocycles. The number of likely N-dealkylation sites (tertiary alicyclic amines) is 3. The molecule has 1 aromatic rings. The van der Waals surface area contributed by atoms with Crippen LogP contribution in [0.1, 0.15) is 42.7 Å². The number of aryl methyl sites for hydroxylation is 1. The Bertz CT molecular complexity index is 816. The molecule has 1 aromatic heterocycles. The monoisotopic (exact) mass is 398 g/mol. The molecule has 0 aromatic carbocycles. The molecule has 0 bridgehead atoms. The van der Waals surface area contributed by atoms with E-state index in [1.807, 2.05) is 36.6 Å². The van der Waals surface area contributed by atoms with Crippen molar-refractivity contribution in [1.29, 1.82) is 0 Å². The molecule has 0 unspecified atom stereocenters. The highest BCUT2D eigenvalue weighted by molar-refractivity contribution is 5.96. The smallest absolute Gasteiger partial charge is 0.255 e. The van der Waals surface area contributed by atoms with Crippen LogP contribution in [0.25, 0.3) is 0 Å². The van der Waals surface area contributed by atoms with Gasteiger partial charge in [0.15, 0.2) is 0 Å². The van der Waals surface area contributed by atoms with Gasteiger partial charge in [-0.15, -0.1) is 0 Å². The lowest BCUT2D eigenvalue weighted by Gasteiger charge is -2.32. The Morgan fingerprint density at radius 1 is 1.03 bits per heavy atom. The molecule has 0 N–H and O–H groups in total. The summed E-state index contributed by atoms with van der Waals surface area (Å²) >= 11 is 0. The largest absolute Gasteiger partial charge is 0.342 e. The first kappa shape index (κ1) is 19.9. The zero-order valence-electron chi connectivity index (χ0n) is 17.6. The maximum Gasteiger partial charge on any atom is 0.255 e. The van der Waals surface area contributed by atoms with E-state index in [2.05, 4.69) is 4.98 Å². The number of amides is 3. The van der Waals surface area contributed by atoms with Crippen LogP contribution in [0.5, 0.6) is 0 Å². The summed E-state index contributed by atoms with van der Waals surface area (Å²) in [7, 11) is 0. The van der Waals surface area contributed by atoms with E-state index in [-0.39, 0.29) is 29.6 Å². The summed E-state index contributed by atoms with van der Waals surface area (Å²) in [6, 6.07) is 3.63. The SMILES string of the molecule is Cc1ccc(C(=O)N2C[C@@H]3CN(C(=O)C(C)C)C[C@]3(C(=O)N3CCCC3)C2)cn1. The molecule has 0 saturated carbocycles. The van der Waals surface area contributed by atoms with Gasteiger partial charge in [0.1, 0.15) is 0 Å². The van der Waals surface area contributed by atoms with Crippen molar-refractivity contribution in [2.75, 3.05) is 39.3 Å². The summed E-state index contributed by atoms with van der Waals surface area (Å²) in [6.07, 6.45) is 3.66. The van der Waals surface area contributed by atoms with Crippen molar-refractivity contribution in [2.24, 2.45) is 17.3 Å². The standard InChI is InChI=1S/C22H30N4O3/c1-15(2)19(27)25-11-18-12-26(20(28)17-7-6-16(3)23-10-17)14-22(18,13-25)21(29)24-8-4-5-9-24/h6-7,10,15,18H,4-5,8-9,11-14H2,1-3H3/t18-,22-/m0/s1. The van der Waals surface area contributed by atoms with Crippen molar-refractivity contribution >= 4 is 17.7 Å². The van der Waals surface area contributed by atoms with Crippen molar-refractivity contribution in [3.63, 3.8) is 0 Å². The second-order valence-corrected chi connectivity index (χ2v) is 9.10. The number of nitrogens with zero attached hydrogens (tertiary/aromatic N) is 4. The van der Waals surface area contributed by atoms with E-state index in [1.165, 1.54) is 0 Å². The molecule has 0 radical (unpaired) electrons. The normalized spacial score (nSPS) is 26.3. The summed E-state index contributed by atoms with van der Waals surface area (Å²) in [5, 5.41) is 0. The van der Waals surface area contributed by atoms with Gasteiger partial charge in [0, 0.05) is 63.0 Å². The highest BCUT2D eigenvalue weighted by Gasteiger charge is 2.60. The zero-order valence-corrected chi connectivity index (χ0v) is 17.6. The third-order valence-corrected chi connectivity index (χ3v) is 6.68. The van der Waals surface area contributed by atoms with E-state index < -0.39 is 5.41 Å². The summed E-state index contributed by atoms with van der Waals surface area (Å²) in [4.78, 5) is 49.1. The summed E-state index contributed by atoms with van der Waals surface area (Å²) in [5.74, 6) is 0.0250. The van der Waals surface area contributed by atoms with E-state index in [4.69, 9.17) is 0 Å². The quantitative estimate of drug-likeness (QED) is 0.775. The van der Waals surface area contributed by atoms with Crippen LogP contribution < -0.4 is 0 Å². The van der Waals surface area contributed by atoms with Crippen LogP contribution >= 0.6 is 0 Å². The Kier molecular flexibility index (Phi) is 5.09. The van der Waals surface area contributed by atoms with E-state index in [9.17, 15) is 14.4 Å². The summed E-state index contributed by atoms with van der Waals surface area (Å²) in [6.45, 7) is 9.08. The van der Waals surface area contributed by atoms with E-state index in [0.29, 0.717) is 31.7 Å². The molecule has 7 nitrogen and oxygen atoms in total. The van der Waals surface area contributed by atoms with Gasteiger partial charge in [-0.1, -0.05) is 13.8 Å². The molecule has 3 amide bonds. The van der Waals surface area contributed by atoms with Gasteiger partial charge in [-0.05, 0) is 31.9 Å². The van der Waals surface area contributed by atoms with Gasteiger partial charge in [-0.25, -0.2) is 0 Å². The van der Waals surface area contributed by atoms with E-state index in [0.717, 1.165) is 31.6 Å². The second-order valence-electron chi connectivity index (χ2n) is 9.10. The Balaban J connectivity index is 1.59. The van der Waals surface area contributed by atoms with Gasteiger partial charge in [-0.2, -0.15) is 0 Å². The van der Waals surface area contributed by atoms with Crippen LogP contribution in [0.3, 0.4) is 0 Å². The Labute approximate surface area is 172 Å². The molecule has 3 aliphatic heterocycles. The highest BCUT2D eigenvalue weighted by atomic mass is 16.2. The molecule has 3 fully saturated rings. The van der Waals surface area contributed by atoms with E-state index >= 15 is 0 Å². The third kappa shape index (κ3) is 3.40. The maximum absolute atomic E-state index is 13.6. The van der Waals surface area contributed by atoms with Crippen molar-refractivity contribution in [2.45, 2.75) is 33.6 Å². The van der Waals surface area contributed by atoms with Crippen LogP contribution in [-0.2, 0) is 9.59 Å². The molecule has 3 aliphatic rings. The molecule has 4 rings (SSSR count). The average Bonchev–Trinajstić information content (AvgIpc) is 3.41. The van der Waals surface area contributed by atoms with Crippen molar-refractivity contribution in [3.8, 4) is 0 Å². The molecule has 0 aliphatic carbocycles. The summed E-state index contributed by atoms with van der Waals surface area (Å²) < 4.78 is 0. The van der Waals surface area contributed by atoms with Crippen molar-refractivity contribution < 1.29 is 14.4 Å². The van der Waals surface area contributed by atoms with Gasteiger partial charge in [0.05, 0.1) is 11.0 Å². The van der Waals surface area contributed by atoms with Gasteiger partial charge in [0.25, 0.3) is 5.91 Å². The minimum absolute atomic E-state index is 0.0133. The molecular formula is C22H30N4O3. The fraction of sp³-hybridized carbons (Fsp3) is 0.636. The first-order valence-corrected chi connectivity index (χ1v) is 10.6. The molecular weight excluding hydrogens is 368 g/mol. The van der Waals surface area contributed by atoms with Crippen LogP contribution in [-0.4, -0.2) is 76.7 Å². The lowest BCUT2D eigenvalue weighted by atomic mass is 9.79. The number of fused-ring (bicyclic) bond motifs is 1. The predicted octanol–water partition coefficient (Wildman–Crippen LogP) is 1.57. The van der Waals surface area contributed by atoms with Crippen LogP contribution in [0.2, 0.25) is 0 Å². The molecule has 0 spiro atoms. The number of carbonyl (C=O) groups excluding carboxylic acids is 3. The highest BCUT2D eigenvalue weighted by Crippen LogP contribution is 2.45.